The fourth-order valence-corrected chi connectivity index (χ4v) is 4.38. The van der Waals surface area contributed by atoms with Gasteiger partial charge in [-0.2, -0.15) is 4.98 Å². The van der Waals surface area contributed by atoms with E-state index in [1.807, 2.05) is 42.0 Å². The van der Waals surface area contributed by atoms with E-state index in [0.29, 0.717) is 47.6 Å². The standard InChI is InChI=1S/C28H24F3N7/c1-17-32-13-14-38(17)21-4-2-3-18(15-21)16-33-27-35-23-10-9-22(19-5-7-20(29)8-6-19)34-24(23)25(36-27)37-28(11-12-28)26(30)31/h2-10,13-15,26H,11-12,16H2,1H3,(H2,33,35,36,37). The monoisotopic (exact) mass is 515 g/mol. The molecule has 0 unspecified atom stereocenters. The molecule has 0 atom stereocenters. The molecular formula is C28H24F3N7. The van der Waals surface area contributed by atoms with E-state index in [1.165, 1.54) is 12.1 Å². The van der Waals surface area contributed by atoms with Gasteiger partial charge in [-0.3, -0.25) is 0 Å². The van der Waals surface area contributed by atoms with Crippen molar-refractivity contribution in [2.24, 2.45) is 0 Å². The zero-order chi connectivity index (χ0) is 26.3. The molecule has 1 fully saturated rings. The molecule has 0 radical (unpaired) electrons. The summed E-state index contributed by atoms with van der Waals surface area (Å²) in [7, 11) is 0. The first-order valence-electron chi connectivity index (χ1n) is 12.2. The third-order valence-corrected chi connectivity index (χ3v) is 6.72. The second kappa shape index (κ2) is 9.44. The second-order valence-electron chi connectivity index (χ2n) is 9.42. The van der Waals surface area contributed by atoms with Crippen LogP contribution in [0.2, 0.25) is 0 Å². The SMILES string of the molecule is Cc1nccn1-c1cccc(CNc2nc(NC3(C(F)F)CC3)c3nc(-c4ccc(F)cc4)ccc3n2)c1. The van der Waals surface area contributed by atoms with E-state index in [9.17, 15) is 13.2 Å². The van der Waals surface area contributed by atoms with Crippen LogP contribution < -0.4 is 10.6 Å². The molecule has 1 saturated carbocycles. The quantitative estimate of drug-likeness (QED) is 0.258. The number of hydrogen-bond donors (Lipinski definition) is 2. The lowest BCUT2D eigenvalue weighted by molar-refractivity contribution is 0.114. The molecule has 3 aromatic heterocycles. The minimum Gasteiger partial charge on any atom is -0.357 e. The average molecular weight is 516 g/mol. The van der Waals surface area contributed by atoms with Gasteiger partial charge in [0.1, 0.15) is 17.2 Å². The van der Waals surface area contributed by atoms with Crippen LogP contribution in [0.15, 0.2) is 73.1 Å². The molecule has 0 bridgehead atoms. The van der Waals surface area contributed by atoms with Gasteiger partial charge in [0.15, 0.2) is 5.82 Å². The lowest BCUT2D eigenvalue weighted by atomic mass is 10.1. The van der Waals surface area contributed by atoms with Gasteiger partial charge in [0.2, 0.25) is 5.95 Å². The van der Waals surface area contributed by atoms with E-state index in [1.54, 1.807) is 30.5 Å². The lowest BCUT2D eigenvalue weighted by Crippen LogP contribution is -2.30. The molecule has 5 aromatic rings. The molecule has 2 aromatic carbocycles. The van der Waals surface area contributed by atoms with Crippen LogP contribution in [0.3, 0.4) is 0 Å². The Bertz CT molecular complexity index is 1610. The van der Waals surface area contributed by atoms with Crippen LogP contribution in [-0.4, -0.2) is 36.5 Å². The normalized spacial score (nSPS) is 14.1. The van der Waals surface area contributed by atoms with Gasteiger partial charge >= 0.3 is 0 Å². The minimum atomic E-state index is -2.54. The summed E-state index contributed by atoms with van der Waals surface area (Å²) in [5.74, 6) is 1.06. The van der Waals surface area contributed by atoms with Gasteiger partial charge < -0.3 is 15.2 Å². The number of nitrogens with one attached hydrogen (secondary N) is 2. The Morgan fingerprint density at radius 2 is 1.82 bits per heavy atom. The number of benzene rings is 2. The highest BCUT2D eigenvalue weighted by Gasteiger charge is 2.51. The average Bonchev–Trinajstić information content (AvgIpc) is 3.59. The van der Waals surface area contributed by atoms with Gasteiger partial charge in [-0.05, 0) is 73.9 Å². The molecule has 7 nitrogen and oxygen atoms in total. The predicted octanol–water partition coefficient (Wildman–Crippen LogP) is 6.15. The molecule has 10 heteroatoms. The summed E-state index contributed by atoms with van der Waals surface area (Å²) in [6.07, 6.45) is 1.79. The number of nitrogens with zero attached hydrogens (tertiary/aromatic N) is 5. The van der Waals surface area contributed by atoms with E-state index >= 15 is 0 Å². The zero-order valence-electron chi connectivity index (χ0n) is 20.5. The summed E-state index contributed by atoms with van der Waals surface area (Å²) in [6, 6.07) is 17.5. The summed E-state index contributed by atoms with van der Waals surface area (Å²) in [5.41, 5.74) is 2.80. The van der Waals surface area contributed by atoms with E-state index in [4.69, 9.17) is 0 Å². The maximum absolute atomic E-state index is 13.8. The van der Waals surface area contributed by atoms with Crippen molar-refractivity contribution in [3.63, 3.8) is 0 Å². The molecular weight excluding hydrogens is 491 g/mol. The van der Waals surface area contributed by atoms with Crippen LogP contribution in [0, 0.1) is 12.7 Å². The summed E-state index contributed by atoms with van der Waals surface area (Å²) in [5, 5.41) is 6.18. The zero-order valence-corrected chi connectivity index (χ0v) is 20.5. The Balaban J connectivity index is 1.33. The number of imidazole rings is 1. The minimum absolute atomic E-state index is 0.238. The molecule has 0 saturated heterocycles. The first kappa shape index (κ1) is 23.9. The van der Waals surface area contributed by atoms with Gasteiger partial charge in [0.05, 0.1) is 16.7 Å². The lowest BCUT2D eigenvalue weighted by Gasteiger charge is -2.19. The van der Waals surface area contributed by atoms with Gasteiger partial charge in [-0.25, -0.2) is 28.1 Å². The predicted molar refractivity (Wildman–Crippen MR) is 140 cm³/mol. The molecule has 38 heavy (non-hydrogen) atoms. The molecule has 0 spiro atoms. The van der Waals surface area contributed by atoms with Crippen LogP contribution >= 0.6 is 0 Å². The number of aromatic nitrogens is 5. The third kappa shape index (κ3) is 4.65. The topological polar surface area (TPSA) is 80.5 Å². The highest BCUT2D eigenvalue weighted by Crippen LogP contribution is 2.44. The summed E-state index contributed by atoms with van der Waals surface area (Å²) < 4.78 is 43.0. The largest absolute Gasteiger partial charge is 0.357 e. The molecule has 2 N–H and O–H groups in total. The number of alkyl halides is 2. The van der Waals surface area contributed by atoms with Crippen molar-refractivity contribution >= 4 is 22.8 Å². The smallest absolute Gasteiger partial charge is 0.261 e. The molecule has 3 heterocycles. The summed E-state index contributed by atoms with van der Waals surface area (Å²) >= 11 is 0. The molecule has 1 aliphatic carbocycles. The van der Waals surface area contributed by atoms with Gasteiger partial charge in [-0.1, -0.05) is 12.1 Å². The van der Waals surface area contributed by atoms with Crippen molar-refractivity contribution in [1.29, 1.82) is 0 Å². The molecule has 192 valence electrons. The Labute approximate surface area is 216 Å². The van der Waals surface area contributed by atoms with Crippen molar-refractivity contribution in [1.82, 2.24) is 24.5 Å². The van der Waals surface area contributed by atoms with Crippen LogP contribution in [-0.2, 0) is 6.54 Å². The number of halogens is 3. The van der Waals surface area contributed by atoms with Crippen LogP contribution in [0.25, 0.3) is 28.0 Å². The second-order valence-corrected chi connectivity index (χ2v) is 9.42. The Kier molecular flexibility index (Phi) is 5.94. The number of rotatable bonds is 8. The number of hydrogen-bond acceptors (Lipinski definition) is 6. The van der Waals surface area contributed by atoms with Crippen molar-refractivity contribution in [3.8, 4) is 16.9 Å². The van der Waals surface area contributed by atoms with E-state index in [0.717, 1.165) is 17.1 Å². The first-order chi connectivity index (χ1) is 18.4. The third-order valence-electron chi connectivity index (χ3n) is 6.72. The van der Waals surface area contributed by atoms with Gasteiger partial charge in [-0.15, -0.1) is 0 Å². The number of aryl methyl sites for hydroxylation is 1. The molecule has 0 aliphatic heterocycles. The van der Waals surface area contributed by atoms with Crippen molar-refractivity contribution in [3.05, 3.63) is 90.3 Å². The maximum atomic E-state index is 13.8. The van der Waals surface area contributed by atoms with E-state index < -0.39 is 12.0 Å². The van der Waals surface area contributed by atoms with Crippen LogP contribution in [0.1, 0.15) is 24.2 Å². The van der Waals surface area contributed by atoms with Crippen molar-refractivity contribution < 1.29 is 13.2 Å². The summed E-state index contributed by atoms with van der Waals surface area (Å²) in [4.78, 5) is 18.1. The van der Waals surface area contributed by atoms with Gasteiger partial charge in [0.25, 0.3) is 6.43 Å². The summed E-state index contributed by atoms with van der Waals surface area (Å²) in [6.45, 7) is 2.36. The Morgan fingerprint density at radius 3 is 2.53 bits per heavy atom. The fourth-order valence-electron chi connectivity index (χ4n) is 4.38. The highest BCUT2D eigenvalue weighted by atomic mass is 19.3. The van der Waals surface area contributed by atoms with Crippen molar-refractivity contribution in [2.45, 2.75) is 38.3 Å². The molecule has 0 amide bonds. The van der Waals surface area contributed by atoms with Crippen LogP contribution in [0.5, 0.6) is 0 Å². The van der Waals surface area contributed by atoms with Crippen molar-refractivity contribution in [2.75, 3.05) is 10.6 Å². The maximum Gasteiger partial charge on any atom is 0.261 e. The molecule has 1 aliphatic rings. The van der Waals surface area contributed by atoms with Crippen LogP contribution in [0.4, 0.5) is 24.9 Å². The molecule has 6 rings (SSSR count). The van der Waals surface area contributed by atoms with E-state index in [2.05, 4.69) is 30.6 Å². The Morgan fingerprint density at radius 1 is 1.00 bits per heavy atom. The highest BCUT2D eigenvalue weighted by molar-refractivity contribution is 5.88. The number of anilines is 2. The van der Waals surface area contributed by atoms with E-state index in [-0.39, 0.29) is 11.6 Å². The number of fused-ring (bicyclic) bond motifs is 1. The fraction of sp³-hybridized carbons (Fsp3) is 0.214. The first-order valence-corrected chi connectivity index (χ1v) is 12.2. The van der Waals surface area contributed by atoms with Gasteiger partial charge in [0, 0.05) is 30.2 Å². The Hall–Kier alpha value is -4.47. The number of pyridine rings is 1.